The third-order valence-electron chi connectivity index (χ3n) is 4.28. The molecule has 0 spiro atoms. The Morgan fingerprint density at radius 1 is 1.46 bits per heavy atom. The van der Waals surface area contributed by atoms with Crippen LogP contribution in [-0.2, 0) is 6.61 Å². The van der Waals surface area contributed by atoms with E-state index in [9.17, 15) is 4.79 Å². The number of amides is 1. The zero-order valence-corrected chi connectivity index (χ0v) is 14.9. The number of para-hydroxylation sites is 1. The van der Waals surface area contributed by atoms with Crippen LogP contribution in [-0.4, -0.2) is 42.0 Å². The quantitative estimate of drug-likeness (QED) is 0.905. The first-order valence-corrected chi connectivity index (χ1v) is 9.14. The highest BCUT2D eigenvalue weighted by Gasteiger charge is 2.25. The molecule has 2 aromatic rings. The minimum absolute atomic E-state index is 0.0417. The molecule has 1 fully saturated rings. The lowest BCUT2D eigenvalue weighted by atomic mass is 10.0. The van der Waals surface area contributed by atoms with Gasteiger partial charge in [-0.3, -0.25) is 4.79 Å². The molecule has 24 heavy (non-hydrogen) atoms. The van der Waals surface area contributed by atoms with Crippen LogP contribution in [0.2, 0.25) is 0 Å². The van der Waals surface area contributed by atoms with Crippen LogP contribution in [0.25, 0.3) is 0 Å². The van der Waals surface area contributed by atoms with Gasteiger partial charge in [-0.15, -0.1) is 11.3 Å². The third-order valence-corrected chi connectivity index (χ3v) is 5.10. The highest BCUT2D eigenvalue weighted by atomic mass is 32.1. The van der Waals surface area contributed by atoms with E-state index in [0.717, 1.165) is 36.6 Å². The molecule has 1 aromatic carbocycles. The van der Waals surface area contributed by atoms with Crippen LogP contribution >= 0.6 is 11.3 Å². The lowest BCUT2D eigenvalue weighted by Gasteiger charge is -2.33. The summed E-state index contributed by atoms with van der Waals surface area (Å²) in [6.07, 6.45) is 2.14. The van der Waals surface area contributed by atoms with Gasteiger partial charge in [0.25, 0.3) is 5.91 Å². The summed E-state index contributed by atoms with van der Waals surface area (Å²) >= 11 is 1.60. The van der Waals surface area contributed by atoms with Gasteiger partial charge >= 0.3 is 0 Å². The van der Waals surface area contributed by atoms with Crippen molar-refractivity contribution in [3.05, 3.63) is 45.9 Å². The Hall–Kier alpha value is -1.92. The summed E-state index contributed by atoms with van der Waals surface area (Å²) in [5, 5.41) is 6.28. The second-order valence-electron chi connectivity index (χ2n) is 6.02. The third kappa shape index (κ3) is 3.94. The molecule has 1 unspecified atom stereocenters. The lowest BCUT2D eigenvalue weighted by Crippen LogP contribution is -2.47. The molecule has 5 nitrogen and oxygen atoms in total. The molecule has 0 radical (unpaired) electrons. The number of nitrogens with one attached hydrogen (secondary N) is 1. The van der Waals surface area contributed by atoms with Gasteiger partial charge in [-0.25, -0.2) is 4.98 Å². The Bertz CT molecular complexity index is 701. The molecule has 1 N–H and O–H groups in total. The summed E-state index contributed by atoms with van der Waals surface area (Å²) in [6, 6.07) is 7.84. The summed E-state index contributed by atoms with van der Waals surface area (Å²) in [5.74, 6) is 0.666. The van der Waals surface area contributed by atoms with Gasteiger partial charge in [0.15, 0.2) is 0 Å². The minimum Gasteiger partial charge on any atom is -0.486 e. The SMILES string of the molecule is CNC1CCCN(C(=O)c2ccccc2OCc2csc(C)n2)C1. The number of aryl methyl sites for hydroxylation is 1. The average Bonchev–Trinajstić information content (AvgIpc) is 3.05. The number of piperidine rings is 1. The van der Waals surface area contributed by atoms with Crippen LogP contribution in [0, 0.1) is 6.92 Å². The maximum atomic E-state index is 12.9. The van der Waals surface area contributed by atoms with E-state index in [0.29, 0.717) is 24.0 Å². The zero-order valence-electron chi connectivity index (χ0n) is 14.1. The molecular formula is C18H23N3O2S. The van der Waals surface area contributed by atoms with Gasteiger partial charge in [0.2, 0.25) is 0 Å². The maximum absolute atomic E-state index is 12.9. The molecule has 0 bridgehead atoms. The summed E-state index contributed by atoms with van der Waals surface area (Å²) in [7, 11) is 1.95. The van der Waals surface area contributed by atoms with Gasteiger partial charge in [0, 0.05) is 24.5 Å². The predicted octanol–water partition coefficient (Wildman–Crippen LogP) is 2.85. The van der Waals surface area contributed by atoms with Crippen LogP contribution < -0.4 is 10.1 Å². The molecule has 6 heteroatoms. The van der Waals surface area contributed by atoms with Crippen LogP contribution in [0.3, 0.4) is 0 Å². The average molecular weight is 345 g/mol. The van der Waals surface area contributed by atoms with E-state index in [-0.39, 0.29) is 5.91 Å². The first-order valence-electron chi connectivity index (χ1n) is 8.26. The molecular weight excluding hydrogens is 322 g/mol. The van der Waals surface area contributed by atoms with Crippen molar-refractivity contribution >= 4 is 17.2 Å². The molecule has 0 saturated carbocycles. The smallest absolute Gasteiger partial charge is 0.257 e. The van der Waals surface area contributed by atoms with Crippen molar-refractivity contribution < 1.29 is 9.53 Å². The number of aromatic nitrogens is 1. The van der Waals surface area contributed by atoms with E-state index in [1.807, 2.05) is 48.5 Å². The number of carbonyl (C=O) groups is 1. The number of hydrogen-bond donors (Lipinski definition) is 1. The van der Waals surface area contributed by atoms with E-state index in [1.165, 1.54) is 0 Å². The highest BCUT2D eigenvalue weighted by molar-refractivity contribution is 7.09. The second kappa shape index (κ2) is 7.77. The van der Waals surface area contributed by atoms with E-state index >= 15 is 0 Å². The summed E-state index contributed by atoms with van der Waals surface area (Å²) in [4.78, 5) is 19.2. The van der Waals surface area contributed by atoms with Gasteiger partial charge < -0.3 is 15.0 Å². The molecule has 1 aromatic heterocycles. The lowest BCUT2D eigenvalue weighted by molar-refractivity contribution is 0.0693. The van der Waals surface area contributed by atoms with Gasteiger partial charge in [0.1, 0.15) is 12.4 Å². The second-order valence-corrected chi connectivity index (χ2v) is 7.08. The number of likely N-dealkylation sites (N-methyl/N-ethyl adjacent to an activating group) is 1. The number of hydrogen-bond acceptors (Lipinski definition) is 5. The molecule has 3 rings (SSSR count). The van der Waals surface area contributed by atoms with E-state index in [2.05, 4.69) is 10.3 Å². The zero-order chi connectivity index (χ0) is 16.9. The van der Waals surface area contributed by atoms with E-state index in [1.54, 1.807) is 11.3 Å². The first kappa shape index (κ1) is 16.9. The maximum Gasteiger partial charge on any atom is 0.257 e. The minimum atomic E-state index is 0.0417. The molecule has 1 saturated heterocycles. The first-order chi connectivity index (χ1) is 11.7. The predicted molar refractivity (Wildman–Crippen MR) is 95.6 cm³/mol. The summed E-state index contributed by atoms with van der Waals surface area (Å²) in [5.41, 5.74) is 1.52. The highest BCUT2D eigenvalue weighted by Crippen LogP contribution is 2.23. The Morgan fingerprint density at radius 3 is 3.04 bits per heavy atom. The largest absolute Gasteiger partial charge is 0.486 e. The topological polar surface area (TPSA) is 54.5 Å². The van der Waals surface area contributed by atoms with Crippen molar-refractivity contribution in [2.45, 2.75) is 32.4 Å². The van der Waals surface area contributed by atoms with E-state index < -0.39 is 0 Å². The Labute approximate surface area is 146 Å². The molecule has 0 aliphatic carbocycles. The van der Waals surface area contributed by atoms with Gasteiger partial charge in [-0.05, 0) is 38.9 Å². The number of thiazole rings is 1. The van der Waals surface area contributed by atoms with Crippen LogP contribution in [0.4, 0.5) is 0 Å². The van der Waals surface area contributed by atoms with Gasteiger partial charge in [-0.1, -0.05) is 12.1 Å². The summed E-state index contributed by atoms with van der Waals surface area (Å²) < 4.78 is 5.88. The van der Waals surface area contributed by atoms with Crippen molar-refractivity contribution in [1.29, 1.82) is 0 Å². The van der Waals surface area contributed by atoms with Gasteiger partial charge in [0.05, 0.1) is 16.3 Å². The fourth-order valence-electron chi connectivity index (χ4n) is 2.96. The summed E-state index contributed by atoms with van der Waals surface area (Å²) in [6.45, 7) is 3.90. The van der Waals surface area contributed by atoms with Crippen molar-refractivity contribution in [3.8, 4) is 5.75 Å². The fourth-order valence-corrected chi connectivity index (χ4v) is 3.56. The van der Waals surface area contributed by atoms with E-state index in [4.69, 9.17) is 4.74 Å². The van der Waals surface area contributed by atoms with Crippen LogP contribution in [0.15, 0.2) is 29.6 Å². The van der Waals surface area contributed by atoms with Crippen LogP contribution in [0.1, 0.15) is 33.9 Å². The molecule has 1 amide bonds. The Morgan fingerprint density at radius 2 is 2.29 bits per heavy atom. The number of benzene rings is 1. The Kier molecular flexibility index (Phi) is 5.48. The van der Waals surface area contributed by atoms with Crippen molar-refractivity contribution in [3.63, 3.8) is 0 Å². The number of rotatable bonds is 5. The van der Waals surface area contributed by atoms with Crippen molar-refractivity contribution in [2.24, 2.45) is 0 Å². The van der Waals surface area contributed by atoms with Crippen molar-refractivity contribution in [2.75, 3.05) is 20.1 Å². The molecule has 1 aliphatic heterocycles. The molecule has 1 atom stereocenters. The Balaban J connectivity index is 1.72. The molecule has 1 aliphatic rings. The number of likely N-dealkylation sites (tertiary alicyclic amines) is 1. The van der Waals surface area contributed by atoms with Crippen LogP contribution in [0.5, 0.6) is 5.75 Å². The number of carbonyl (C=O) groups excluding carboxylic acids is 1. The fraction of sp³-hybridized carbons (Fsp3) is 0.444. The van der Waals surface area contributed by atoms with Crippen molar-refractivity contribution in [1.82, 2.24) is 15.2 Å². The number of ether oxygens (including phenoxy) is 1. The normalized spacial score (nSPS) is 17.8. The number of nitrogens with zero attached hydrogens (tertiary/aromatic N) is 2. The van der Waals surface area contributed by atoms with Gasteiger partial charge in [-0.2, -0.15) is 0 Å². The monoisotopic (exact) mass is 345 g/mol. The standard InChI is InChI=1S/C18H23N3O2S/c1-13-20-15(12-24-13)11-23-17-8-4-3-7-16(17)18(22)21-9-5-6-14(10-21)19-2/h3-4,7-8,12,14,19H,5-6,9-11H2,1-2H3. The molecule has 2 heterocycles. The molecule has 128 valence electrons.